The van der Waals surface area contributed by atoms with E-state index in [4.69, 9.17) is 4.74 Å². The maximum atomic E-state index is 12.8. The molecule has 0 aliphatic rings. The number of amides is 2. The van der Waals surface area contributed by atoms with Gasteiger partial charge in [-0.1, -0.05) is 37.3 Å². The summed E-state index contributed by atoms with van der Waals surface area (Å²) in [5, 5.41) is 5.05. The van der Waals surface area contributed by atoms with Gasteiger partial charge in [-0.25, -0.2) is 14.8 Å². The van der Waals surface area contributed by atoms with Crippen LogP contribution in [-0.2, 0) is 27.5 Å². The lowest BCUT2D eigenvalue weighted by atomic mass is 10.1. The summed E-state index contributed by atoms with van der Waals surface area (Å²) in [5.41, 5.74) is 2.06. The first-order valence-corrected chi connectivity index (χ1v) is 11.6. The van der Waals surface area contributed by atoms with Gasteiger partial charge in [0.2, 0.25) is 5.91 Å². The van der Waals surface area contributed by atoms with E-state index in [0.29, 0.717) is 17.0 Å². The number of ketones is 1. The fourth-order valence-corrected chi connectivity index (χ4v) is 3.27. The van der Waals surface area contributed by atoms with Crippen LogP contribution in [0.4, 0.5) is 18.0 Å². The van der Waals surface area contributed by atoms with Crippen molar-refractivity contribution in [1.29, 1.82) is 0 Å². The Morgan fingerprint density at radius 2 is 1.71 bits per heavy atom. The van der Waals surface area contributed by atoms with Gasteiger partial charge in [0, 0.05) is 18.4 Å². The van der Waals surface area contributed by atoms with Crippen LogP contribution in [0.2, 0.25) is 0 Å². The quantitative estimate of drug-likeness (QED) is 0.379. The zero-order chi connectivity index (χ0) is 27.5. The number of nitrogens with zero attached hydrogens (tertiary/aromatic N) is 2. The first-order chi connectivity index (χ1) is 18.1. The summed E-state index contributed by atoms with van der Waals surface area (Å²) < 4.78 is 46.1. The molecule has 9 nitrogen and oxygen atoms in total. The Hall–Kier alpha value is -4.48. The molecule has 3 aromatic rings. The Morgan fingerprint density at radius 1 is 1.00 bits per heavy atom. The third-order valence-electron chi connectivity index (χ3n) is 5.20. The van der Waals surface area contributed by atoms with Crippen molar-refractivity contribution in [3.63, 3.8) is 0 Å². The number of nitrogens with one attached hydrogen (secondary N) is 2. The molecule has 0 radical (unpaired) electrons. The van der Waals surface area contributed by atoms with E-state index in [0.717, 1.165) is 17.7 Å². The summed E-state index contributed by atoms with van der Waals surface area (Å²) in [7, 11) is 0. The molecule has 200 valence electrons. The molecule has 0 unspecified atom stereocenters. The van der Waals surface area contributed by atoms with Gasteiger partial charge in [0.25, 0.3) is 0 Å². The number of rotatable bonds is 11. The van der Waals surface area contributed by atoms with E-state index in [1.54, 1.807) is 37.3 Å². The number of carbonyl (C=O) groups is 3. The fraction of sp³-hybridized carbons (Fsp3) is 0.269. The molecule has 2 aromatic carbocycles. The maximum absolute atomic E-state index is 12.8. The number of aromatic nitrogens is 2. The van der Waals surface area contributed by atoms with Gasteiger partial charge < -0.3 is 20.1 Å². The van der Waals surface area contributed by atoms with Crippen molar-refractivity contribution in [1.82, 2.24) is 20.6 Å². The van der Waals surface area contributed by atoms with Crippen LogP contribution in [0.1, 0.15) is 31.0 Å². The van der Waals surface area contributed by atoms with Crippen molar-refractivity contribution in [2.24, 2.45) is 0 Å². The van der Waals surface area contributed by atoms with Crippen LogP contribution in [0.15, 0.2) is 67.0 Å². The van der Waals surface area contributed by atoms with E-state index in [2.05, 4.69) is 25.3 Å². The van der Waals surface area contributed by atoms with Gasteiger partial charge in [0.1, 0.15) is 30.5 Å². The molecule has 3 rings (SSSR count). The smallest absolute Gasteiger partial charge is 0.445 e. The standard InChI is InChI=1S/C26H25F3N4O5/c1-2-20(34)13-23(33-25(36)37-15-17-6-4-3-5-7-17)24(35)30-14-19-12-22(32-16-31-19)18-8-10-21(11-9-18)38-26(27,28)29/h3-12,16,23H,2,13-15H2,1H3,(H,30,35)(H,33,36)/t23-/m0/s1. The second-order valence-electron chi connectivity index (χ2n) is 8.04. The molecule has 0 aliphatic carbocycles. The second-order valence-corrected chi connectivity index (χ2v) is 8.04. The Labute approximate surface area is 216 Å². The Morgan fingerprint density at radius 3 is 2.37 bits per heavy atom. The number of alkyl carbamates (subject to hydrolysis) is 1. The highest BCUT2D eigenvalue weighted by molar-refractivity contribution is 5.91. The average molecular weight is 531 g/mol. The lowest BCUT2D eigenvalue weighted by Crippen LogP contribution is -2.47. The zero-order valence-electron chi connectivity index (χ0n) is 20.3. The zero-order valence-corrected chi connectivity index (χ0v) is 20.3. The molecule has 2 amide bonds. The Balaban J connectivity index is 1.60. The lowest BCUT2D eigenvalue weighted by Gasteiger charge is -2.17. The van der Waals surface area contributed by atoms with Gasteiger partial charge in [-0.15, -0.1) is 13.2 Å². The molecular formula is C26H25F3N4O5. The number of hydrogen-bond donors (Lipinski definition) is 2. The summed E-state index contributed by atoms with van der Waals surface area (Å²) in [4.78, 5) is 45.3. The van der Waals surface area contributed by atoms with Crippen molar-refractivity contribution in [3.8, 4) is 17.0 Å². The Kier molecular flexibility index (Phi) is 9.74. The number of ether oxygens (including phenoxy) is 2. The predicted octanol–water partition coefficient (Wildman–Crippen LogP) is 4.32. The predicted molar refractivity (Wildman–Crippen MR) is 129 cm³/mol. The monoisotopic (exact) mass is 530 g/mol. The third-order valence-corrected chi connectivity index (χ3v) is 5.20. The fourth-order valence-electron chi connectivity index (χ4n) is 3.27. The average Bonchev–Trinajstić information content (AvgIpc) is 2.90. The van der Waals surface area contributed by atoms with Crippen LogP contribution in [-0.4, -0.2) is 40.2 Å². The highest BCUT2D eigenvalue weighted by Gasteiger charge is 2.31. The number of benzene rings is 2. The normalized spacial score (nSPS) is 11.8. The first-order valence-electron chi connectivity index (χ1n) is 11.6. The second kappa shape index (κ2) is 13.2. The van der Waals surface area contributed by atoms with Gasteiger partial charge in [0.15, 0.2) is 0 Å². The van der Waals surface area contributed by atoms with Crippen molar-refractivity contribution in [2.45, 2.75) is 45.3 Å². The molecule has 0 fully saturated rings. The minimum Gasteiger partial charge on any atom is -0.445 e. The van der Waals surface area contributed by atoms with Crippen molar-refractivity contribution in [3.05, 3.63) is 78.2 Å². The number of carbonyl (C=O) groups excluding carboxylic acids is 3. The lowest BCUT2D eigenvalue weighted by molar-refractivity contribution is -0.274. The van der Waals surface area contributed by atoms with Gasteiger partial charge in [-0.05, 0) is 35.9 Å². The number of halogens is 3. The number of hydrogen-bond acceptors (Lipinski definition) is 7. The first kappa shape index (κ1) is 28.1. The molecule has 0 saturated carbocycles. The molecule has 1 aromatic heterocycles. The topological polar surface area (TPSA) is 120 Å². The largest absolute Gasteiger partial charge is 0.573 e. The molecule has 2 N–H and O–H groups in total. The van der Waals surface area contributed by atoms with Crippen LogP contribution in [0, 0.1) is 0 Å². The van der Waals surface area contributed by atoms with E-state index in [9.17, 15) is 27.6 Å². The number of alkyl halides is 3. The number of Topliss-reactive ketones (excluding diaryl/α,β-unsaturated/α-hetero) is 1. The van der Waals surface area contributed by atoms with Crippen molar-refractivity contribution >= 4 is 17.8 Å². The van der Waals surface area contributed by atoms with Gasteiger partial charge >= 0.3 is 12.5 Å². The van der Waals surface area contributed by atoms with E-state index in [-0.39, 0.29) is 37.5 Å². The minimum atomic E-state index is -4.80. The highest BCUT2D eigenvalue weighted by Crippen LogP contribution is 2.25. The molecule has 38 heavy (non-hydrogen) atoms. The van der Waals surface area contributed by atoms with E-state index in [1.165, 1.54) is 18.5 Å². The molecule has 1 atom stereocenters. The molecular weight excluding hydrogens is 505 g/mol. The molecule has 12 heteroatoms. The molecule has 0 bridgehead atoms. The van der Waals surface area contributed by atoms with Crippen LogP contribution < -0.4 is 15.4 Å². The molecule has 0 spiro atoms. The third kappa shape index (κ3) is 9.19. The molecule has 1 heterocycles. The highest BCUT2D eigenvalue weighted by atomic mass is 19.4. The summed E-state index contributed by atoms with van der Waals surface area (Å²) in [5.74, 6) is -1.21. The SMILES string of the molecule is CCC(=O)C[C@H](NC(=O)OCc1ccccc1)C(=O)NCc1cc(-c2ccc(OC(F)(F)F)cc2)ncn1. The van der Waals surface area contributed by atoms with Gasteiger partial charge in [-0.3, -0.25) is 9.59 Å². The van der Waals surface area contributed by atoms with Crippen molar-refractivity contribution in [2.75, 3.05) is 0 Å². The van der Waals surface area contributed by atoms with Crippen LogP contribution in [0.3, 0.4) is 0 Å². The molecule has 0 saturated heterocycles. The van der Waals surface area contributed by atoms with E-state index >= 15 is 0 Å². The van der Waals surface area contributed by atoms with Crippen molar-refractivity contribution < 1.29 is 37.0 Å². The van der Waals surface area contributed by atoms with Crippen LogP contribution in [0.5, 0.6) is 5.75 Å². The minimum absolute atomic E-state index is 0.00421. The van der Waals surface area contributed by atoms with E-state index < -0.39 is 24.4 Å². The van der Waals surface area contributed by atoms with Crippen LogP contribution >= 0.6 is 0 Å². The summed E-state index contributed by atoms with van der Waals surface area (Å²) in [6.07, 6.45) is -4.43. The summed E-state index contributed by atoms with van der Waals surface area (Å²) in [6, 6.07) is 14.5. The summed E-state index contributed by atoms with van der Waals surface area (Å²) in [6.45, 7) is 1.59. The molecule has 0 aliphatic heterocycles. The summed E-state index contributed by atoms with van der Waals surface area (Å²) >= 11 is 0. The van der Waals surface area contributed by atoms with Crippen LogP contribution in [0.25, 0.3) is 11.3 Å². The van der Waals surface area contributed by atoms with E-state index in [1.807, 2.05) is 6.07 Å². The van der Waals surface area contributed by atoms with Gasteiger partial charge in [0.05, 0.1) is 17.9 Å². The Bertz CT molecular complexity index is 1240. The van der Waals surface area contributed by atoms with Gasteiger partial charge in [-0.2, -0.15) is 0 Å². The maximum Gasteiger partial charge on any atom is 0.573 e.